The van der Waals surface area contributed by atoms with E-state index in [2.05, 4.69) is 20.7 Å². The van der Waals surface area contributed by atoms with Gasteiger partial charge >= 0.3 is 0 Å². The Balaban J connectivity index is 0.00000242. The molecule has 0 aliphatic carbocycles. The van der Waals surface area contributed by atoms with Crippen LogP contribution in [-0.2, 0) is 18.3 Å². The molecule has 0 atom stereocenters. The van der Waals surface area contributed by atoms with E-state index in [-0.39, 0.29) is 30.3 Å². The Bertz CT molecular complexity index is 735. The van der Waals surface area contributed by atoms with E-state index in [1.807, 2.05) is 20.9 Å². The standard InChI is InChI=1S/C14H21N5O2.ClH/c1-8-10(7-11(20)16-6-5-15-3)9(2)17-13-12(8)14(21)18-19(13)4;/h15H,5-7H2,1-4H3,(H,16,20)(H,18,21);1H. The zero-order valence-electron chi connectivity index (χ0n) is 13.2. The molecule has 2 aromatic heterocycles. The number of H-pyrrole nitrogens is 1. The van der Waals surface area contributed by atoms with Gasteiger partial charge < -0.3 is 10.6 Å². The average molecular weight is 328 g/mol. The van der Waals surface area contributed by atoms with Crippen molar-refractivity contribution in [3.8, 4) is 0 Å². The number of aryl methyl sites for hydroxylation is 3. The molecule has 2 aromatic rings. The number of nitrogens with one attached hydrogen (secondary N) is 3. The summed E-state index contributed by atoms with van der Waals surface area (Å²) in [6.45, 7) is 5.02. The van der Waals surface area contributed by atoms with Gasteiger partial charge in [-0.05, 0) is 32.0 Å². The van der Waals surface area contributed by atoms with E-state index < -0.39 is 0 Å². The van der Waals surface area contributed by atoms with E-state index in [0.29, 0.717) is 17.6 Å². The summed E-state index contributed by atoms with van der Waals surface area (Å²) in [6.07, 6.45) is 0.235. The SMILES string of the molecule is CNCCNC(=O)Cc1c(C)nc2c(c1C)c(=O)[nH]n2C.Cl. The third kappa shape index (κ3) is 3.48. The molecule has 0 aliphatic rings. The minimum atomic E-state index is -0.172. The van der Waals surface area contributed by atoms with Crippen molar-refractivity contribution in [3.05, 3.63) is 27.2 Å². The van der Waals surface area contributed by atoms with Crippen molar-refractivity contribution in [3.63, 3.8) is 0 Å². The maximum Gasteiger partial charge on any atom is 0.273 e. The summed E-state index contributed by atoms with van der Waals surface area (Å²) in [7, 11) is 3.58. The number of carbonyl (C=O) groups excluding carboxylic acids is 1. The molecule has 122 valence electrons. The first-order valence-electron chi connectivity index (χ1n) is 6.91. The molecule has 7 nitrogen and oxygen atoms in total. The summed E-state index contributed by atoms with van der Waals surface area (Å²) < 4.78 is 1.61. The number of nitrogens with zero attached hydrogens (tertiary/aromatic N) is 2. The van der Waals surface area contributed by atoms with Gasteiger partial charge in [0.25, 0.3) is 5.56 Å². The second-order valence-electron chi connectivity index (χ2n) is 5.13. The number of fused-ring (bicyclic) bond motifs is 1. The molecule has 0 saturated heterocycles. The molecule has 0 aliphatic heterocycles. The zero-order chi connectivity index (χ0) is 15.6. The largest absolute Gasteiger partial charge is 0.355 e. The minimum Gasteiger partial charge on any atom is -0.355 e. The number of hydrogen-bond donors (Lipinski definition) is 3. The summed E-state index contributed by atoms with van der Waals surface area (Å²) in [5.74, 6) is -0.0649. The van der Waals surface area contributed by atoms with Crippen LogP contribution in [0.2, 0.25) is 0 Å². The van der Waals surface area contributed by atoms with E-state index in [9.17, 15) is 9.59 Å². The van der Waals surface area contributed by atoms with Gasteiger partial charge in [-0.3, -0.25) is 19.4 Å². The van der Waals surface area contributed by atoms with Crippen molar-refractivity contribution < 1.29 is 4.79 Å². The smallest absolute Gasteiger partial charge is 0.273 e. The molecule has 3 N–H and O–H groups in total. The van der Waals surface area contributed by atoms with Crippen molar-refractivity contribution in [2.45, 2.75) is 20.3 Å². The summed E-state index contributed by atoms with van der Waals surface area (Å²) in [5, 5.41) is 9.06. The van der Waals surface area contributed by atoms with Crippen molar-refractivity contribution in [1.82, 2.24) is 25.4 Å². The van der Waals surface area contributed by atoms with Crippen LogP contribution in [0.15, 0.2) is 4.79 Å². The van der Waals surface area contributed by atoms with Gasteiger partial charge in [0.15, 0.2) is 5.65 Å². The van der Waals surface area contributed by atoms with Gasteiger partial charge in [0.1, 0.15) is 0 Å². The number of aromatic nitrogens is 3. The van der Waals surface area contributed by atoms with Crippen molar-refractivity contribution in [1.29, 1.82) is 0 Å². The van der Waals surface area contributed by atoms with Gasteiger partial charge in [-0.2, -0.15) is 0 Å². The first-order valence-corrected chi connectivity index (χ1v) is 6.91. The number of amides is 1. The molecule has 2 heterocycles. The Labute approximate surface area is 134 Å². The van der Waals surface area contributed by atoms with Crippen molar-refractivity contribution >= 4 is 29.3 Å². The maximum atomic E-state index is 12.0. The number of likely N-dealkylation sites (N-methyl/N-ethyl adjacent to an activating group) is 1. The molecule has 0 unspecified atom stereocenters. The van der Waals surface area contributed by atoms with Crippen molar-refractivity contribution in [2.24, 2.45) is 7.05 Å². The topological polar surface area (TPSA) is 91.8 Å². The van der Waals surface area contributed by atoms with Gasteiger partial charge in [0, 0.05) is 25.8 Å². The molecule has 0 spiro atoms. The number of carbonyl (C=O) groups is 1. The fourth-order valence-electron chi connectivity index (χ4n) is 2.46. The monoisotopic (exact) mass is 327 g/mol. The number of aromatic amines is 1. The second kappa shape index (κ2) is 7.42. The average Bonchev–Trinajstić information content (AvgIpc) is 2.70. The van der Waals surface area contributed by atoms with E-state index in [1.54, 1.807) is 11.7 Å². The molecule has 0 fully saturated rings. The highest BCUT2D eigenvalue weighted by molar-refractivity contribution is 5.85. The zero-order valence-corrected chi connectivity index (χ0v) is 14.1. The molecule has 8 heteroatoms. The highest BCUT2D eigenvalue weighted by atomic mass is 35.5. The van der Waals surface area contributed by atoms with E-state index >= 15 is 0 Å². The predicted octanol–water partition coefficient (Wildman–Crippen LogP) is 0.178. The van der Waals surface area contributed by atoms with Crippen LogP contribution in [0, 0.1) is 13.8 Å². The quantitative estimate of drug-likeness (QED) is 0.683. The number of hydrogen-bond acceptors (Lipinski definition) is 4. The molecule has 0 aromatic carbocycles. The van der Waals surface area contributed by atoms with Crippen LogP contribution in [0.5, 0.6) is 0 Å². The van der Waals surface area contributed by atoms with Crippen LogP contribution in [0.25, 0.3) is 11.0 Å². The lowest BCUT2D eigenvalue weighted by Crippen LogP contribution is -2.31. The lowest BCUT2D eigenvalue weighted by molar-refractivity contribution is -0.120. The van der Waals surface area contributed by atoms with E-state index in [4.69, 9.17) is 0 Å². The summed E-state index contributed by atoms with van der Waals surface area (Å²) >= 11 is 0. The Morgan fingerprint density at radius 2 is 2.00 bits per heavy atom. The normalized spacial score (nSPS) is 10.5. The third-order valence-corrected chi connectivity index (χ3v) is 3.61. The molecule has 2 rings (SSSR count). The second-order valence-corrected chi connectivity index (χ2v) is 5.13. The fraction of sp³-hybridized carbons (Fsp3) is 0.500. The van der Waals surface area contributed by atoms with Gasteiger partial charge in [0.2, 0.25) is 5.91 Å². The third-order valence-electron chi connectivity index (χ3n) is 3.61. The number of halogens is 1. The Hall–Kier alpha value is -1.86. The molecule has 0 bridgehead atoms. The van der Waals surface area contributed by atoms with E-state index in [1.165, 1.54) is 0 Å². The Kier molecular flexibility index (Phi) is 6.13. The Morgan fingerprint density at radius 3 is 2.64 bits per heavy atom. The molecule has 0 radical (unpaired) electrons. The van der Waals surface area contributed by atoms with E-state index in [0.717, 1.165) is 23.4 Å². The van der Waals surface area contributed by atoms with Gasteiger partial charge in [0.05, 0.1) is 11.8 Å². The highest BCUT2D eigenvalue weighted by Gasteiger charge is 2.17. The van der Waals surface area contributed by atoms with Crippen LogP contribution in [0.4, 0.5) is 0 Å². The first-order chi connectivity index (χ1) is 9.95. The highest BCUT2D eigenvalue weighted by Crippen LogP contribution is 2.20. The van der Waals surface area contributed by atoms with Gasteiger partial charge in [-0.1, -0.05) is 0 Å². The summed E-state index contributed by atoms with van der Waals surface area (Å²) in [4.78, 5) is 28.4. The molecule has 22 heavy (non-hydrogen) atoms. The summed E-state index contributed by atoms with van der Waals surface area (Å²) in [5.41, 5.74) is 2.87. The van der Waals surface area contributed by atoms with Crippen LogP contribution < -0.4 is 16.2 Å². The van der Waals surface area contributed by atoms with Crippen LogP contribution in [0.1, 0.15) is 16.8 Å². The maximum absolute atomic E-state index is 12.0. The molecule has 0 saturated carbocycles. The van der Waals surface area contributed by atoms with Crippen LogP contribution >= 0.6 is 12.4 Å². The fourth-order valence-corrected chi connectivity index (χ4v) is 2.46. The number of rotatable bonds is 5. The summed E-state index contributed by atoms with van der Waals surface area (Å²) in [6, 6.07) is 0. The van der Waals surface area contributed by atoms with Gasteiger partial charge in [-0.15, -0.1) is 12.4 Å². The van der Waals surface area contributed by atoms with Crippen LogP contribution in [-0.4, -0.2) is 40.8 Å². The first kappa shape index (κ1) is 18.2. The van der Waals surface area contributed by atoms with Gasteiger partial charge in [-0.25, -0.2) is 4.98 Å². The molecular formula is C14H22ClN5O2. The molecule has 1 amide bonds. The lowest BCUT2D eigenvalue weighted by Gasteiger charge is -2.10. The number of pyridine rings is 1. The minimum absolute atomic E-state index is 0. The van der Waals surface area contributed by atoms with Crippen LogP contribution in [0.3, 0.4) is 0 Å². The Morgan fingerprint density at radius 1 is 1.32 bits per heavy atom. The lowest BCUT2D eigenvalue weighted by atomic mass is 10.0. The predicted molar refractivity (Wildman–Crippen MR) is 88.7 cm³/mol. The molecular weight excluding hydrogens is 306 g/mol. The van der Waals surface area contributed by atoms with Crippen molar-refractivity contribution in [2.75, 3.05) is 20.1 Å².